The van der Waals surface area contributed by atoms with Gasteiger partial charge >= 0.3 is 6.09 Å². The molecular weight excluding hydrogens is 350 g/mol. The third kappa shape index (κ3) is 3.96. The molecule has 0 unspecified atom stereocenters. The van der Waals surface area contributed by atoms with Crippen molar-refractivity contribution in [3.05, 3.63) is 72.7 Å². The van der Waals surface area contributed by atoms with E-state index in [4.69, 9.17) is 9.15 Å². The maximum absolute atomic E-state index is 11.9. The van der Waals surface area contributed by atoms with Crippen LogP contribution in [0.25, 0.3) is 22.3 Å². The number of hydrogen-bond donors (Lipinski definition) is 0. The van der Waals surface area contributed by atoms with Crippen molar-refractivity contribution in [3.8, 4) is 22.3 Å². The third-order valence-electron chi connectivity index (χ3n) is 5.43. The second-order valence-electron chi connectivity index (χ2n) is 7.18. The lowest BCUT2D eigenvalue weighted by atomic mass is 9.87. The molecule has 1 aliphatic heterocycles. The summed E-state index contributed by atoms with van der Waals surface area (Å²) in [6, 6.07) is 19.3. The number of hydrogen-bond acceptors (Lipinski definition) is 3. The average molecular weight is 375 g/mol. The molecular formula is C24H25NO3. The second-order valence-corrected chi connectivity index (χ2v) is 7.18. The molecule has 144 valence electrons. The Morgan fingerprint density at radius 2 is 1.68 bits per heavy atom. The largest absolute Gasteiger partial charge is 0.472 e. The average Bonchev–Trinajstić information content (AvgIpc) is 3.29. The van der Waals surface area contributed by atoms with E-state index >= 15 is 0 Å². The fraction of sp³-hybridized carbons (Fsp3) is 0.292. The third-order valence-corrected chi connectivity index (χ3v) is 5.43. The number of ether oxygens (including phenoxy) is 1. The quantitative estimate of drug-likeness (QED) is 0.566. The van der Waals surface area contributed by atoms with Crippen LogP contribution in [0.1, 0.15) is 31.2 Å². The van der Waals surface area contributed by atoms with Gasteiger partial charge in [0.05, 0.1) is 19.1 Å². The summed E-state index contributed by atoms with van der Waals surface area (Å²) in [7, 11) is 0. The normalized spacial score (nSPS) is 14.8. The summed E-state index contributed by atoms with van der Waals surface area (Å²) in [5.74, 6) is 0.475. The number of furan rings is 1. The highest BCUT2D eigenvalue weighted by molar-refractivity contribution is 5.73. The van der Waals surface area contributed by atoms with Crippen LogP contribution < -0.4 is 0 Å². The molecule has 0 bridgehead atoms. The summed E-state index contributed by atoms with van der Waals surface area (Å²) in [5.41, 5.74) is 6.00. The van der Waals surface area contributed by atoms with E-state index in [0.29, 0.717) is 12.5 Å². The van der Waals surface area contributed by atoms with Gasteiger partial charge in [-0.3, -0.25) is 0 Å². The molecule has 1 saturated heterocycles. The SMILES string of the molecule is CCOC(=O)N1CCC(c2cccc(-c3cccc(-c4ccoc4)c3)c2)CC1. The van der Waals surface area contributed by atoms with Crippen LogP contribution in [0, 0.1) is 0 Å². The molecule has 2 aromatic carbocycles. The van der Waals surface area contributed by atoms with Gasteiger partial charge in [-0.15, -0.1) is 0 Å². The van der Waals surface area contributed by atoms with Crippen molar-refractivity contribution in [2.75, 3.05) is 19.7 Å². The first-order valence-electron chi connectivity index (χ1n) is 9.89. The lowest BCUT2D eigenvalue weighted by molar-refractivity contribution is 0.0971. The zero-order chi connectivity index (χ0) is 19.3. The number of rotatable bonds is 4. The highest BCUT2D eigenvalue weighted by Crippen LogP contribution is 2.32. The number of carbonyl (C=O) groups excluding carboxylic acids is 1. The van der Waals surface area contributed by atoms with Crippen LogP contribution in [0.4, 0.5) is 4.79 Å². The maximum Gasteiger partial charge on any atom is 0.409 e. The summed E-state index contributed by atoms with van der Waals surface area (Å²) >= 11 is 0. The molecule has 0 spiro atoms. The monoisotopic (exact) mass is 375 g/mol. The Balaban J connectivity index is 1.50. The van der Waals surface area contributed by atoms with Crippen LogP contribution in [0.5, 0.6) is 0 Å². The molecule has 0 atom stereocenters. The Kier molecular flexibility index (Phi) is 5.47. The van der Waals surface area contributed by atoms with Crippen molar-refractivity contribution in [1.29, 1.82) is 0 Å². The molecule has 0 saturated carbocycles. The van der Waals surface area contributed by atoms with E-state index in [1.54, 1.807) is 12.5 Å². The lowest BCUT2D eigenvalue weighted by Gasteiger charge is -2.31. The number of carbonyl (C=O) groups is 1. The second kappa shape index (κ2) is 8.34. The van der Waals surface area contributed by atoms with Gasteiger partial charge in [0, 0.05) is 18.7 Å². The fourth-order valence-electron chi connectivity index (χ4n) is 3.89. The predicted octanol–water partition coefficient (Wildman–Crippen LogP) is 5.95. The molecule has 0 N–H and O–H groups in total. The van der Waals surface area contributed by atoms with Gasteiger partial charge in [0.25, 0.3) is 0 Å². The number of amides is 1. The standard InChI is InChI=1S/C24H25NO3/c1-2-28-24(26)25-12-9-18(10-13-25)19-5-3-6-20(15-19)21-7-4-8-22(16-21)23-11-14-27-17-23/h3-8,11,14-18H,2,9-10,12-13H2,1H3. The van der Waals surface area contributed by atoms with E-state index in [2.05, 4.69) is 48.5 Å². The molecule has 1 amide bonds. The molecule has 4 heteroatoms. The molecule has 2 heterocycles. The fourth-order valence-corrected chi connectivity index (χ4v) is 3.89. The van der Waals surface area contributed by atoms with E-state index in [1.807, 2.05) is 17.9 Å². The minimum Gasteiger partial charge on any atom is -0.472 e. The number of likely N-dealkylation sites (tertiary alicyclic amines) is 1. The number of benzene rings is 2. The first-order valence-corrected chi connectivity index (χ1v) is 9.89. The Morgan fingerprint density at radius 1 is 1.00 bits per heavy atom. The van der Waals surface area contributed by atoms with Gasteiger partial charge in [-0.25, -0.2) is 4.79 Å². The Hall–Kier alpha value is -3.01. The van der Waals surface area contributed by atoms with E-state index < -0.39 is 0 Å². The Bertz CT molecular complexity index is 925. The molecule has 3 aromatic rings. The number of nitrogens with zero attached hydrogens (tertiary/aromatic N) is 1. The summed E-state index contributed by atoms with van der Waals surface area (Å²) in [4.78, 5) is 13.7. The zero-order valence-corrected chi connectivity index (χ0v) is 16.1. The van der Waals surface area contributed by atoms with Gasteiger partial charge in [-0.1, -0.05) is 42.5 Å². The van der Waals surface area contributed by atoms with E-state index in [0.717, 1.165) is 37.1 Å². The topological polar surface area (TPSA) is 42.7 Å². The van der Waals surface area contributed by atoms with Gasteiger partial charge < -0.3 is 14.1 Å². The minimum atomic E-state index is -0.189. The summed E-state index contributed by atoms with van der Waals surface area (Å²) in [6.45, 7) is 3.78. The van der Waals surface area contributed by atoms with Crippen LogP contribution in [0.15, 0.2) is 71.5 Å². The van der Waals surface area contributed by atoms with Gasteiger partial charge in [-0.2, -0.15) is 0 Å². The highest BCUT2D eigenvalue weighted by atomic mass is 16.6. The first-order chi connectivity index (χ1) is 13.7. The molecule has 28 heavy (non-hydrogen) atoms. The van der Waals surface area contributed by atoms with Crippen LogP contribution in [0.3, 0.4) is 0 Å². The van der Waals surface area contributed by atoms with E-state index in [1.165, 1.54) is 16.7 Å². The summed E-state index contributed by atoms with van der Waals surface area (Å²) in [6.07, 6.45) is 5.22. The highest BCUT2D eigenvalue weighted by Gasteiger charge is 2.24. The minimum absolute atomic E-state index is 0.189. The van der Waals surface area contributed by atoms with E-state index in [-0.39, 0.29) is 6.09 Å². The van der Waals surface area contributed by atoms with Crippen molar-refractivity contribution in [2.24, 2.45) is 0 Å². The Morgan fingerprint density at radius 3 is 2.36 bits per heavy atom. The smallest absolute Gasteiger partial charge is 0.409 e. The molecule has 1 aromatic heterocycles. The van der Waals surface area contributed by atoms with Crippen molar-refractivity contribution < 1.29 is 13.9 Å². The van der Waals surface area contributed by atoms with E-state index in [9.17, 15) is 4.79 Å². The van der Waals surface area contributed by atoms with Gasteiger partial charge in [0.15, 0.2) is 0 Å². The van der Waals surface area contributed by atoms with Crippen LogP contribution >= 0.6 is 0 Å². The molecule has 0 radical (unpaired) electrons. The summed E-state index contributed by atoms with van der Waals surface area (Å²) in [5, 5.41) is 0. The maximum atomic E-state index is 11.9. The van der Waals surface area contributed by atoms with Crippen LogP contribution in [-0.2, 0) is 4.74 Å². The van der Waals surface area contributed by atoms with Crippen molar-refractivity contribution >= 4 is 6.09 Å². The summed E-state index contributed by atoms with van der Waals surface area (Å²) < 4.78 is 10.3. The molecule has 1 fully saturated rings. The number of piperidine rings is 1. The predicted molar refractivity (Wildman–Crippen MR) is 110 cm³/mol. The van der Waals surface area contributed by atoms with Gasteiger partial charge in [0.1, 0.15) is 0 Å². The van der Waals surface area contributed by atoms with Crippen molar-refractivity contribution in [1.82, 2.24) is 4.90 Å². The van der Waals surface area contributed by atoms with Crippen molar-refractivity contribution in [3.63, 3.8) is 0 Å². The van der Waals surface area contributed by atoms with Gasteiger partial charge in [0.2, 0.25) is 0 Å². The zero-order valence-electron chi connectivity index (χ0n) is 16.1. The molecule has 0 aliphatic carbocycles. The molecule has 4 rings (SSSR count). The Labute approximate surface area is 165 Å². The van der Waals surface area contributed by atoms with Gasteiger partial charge in [-0.05, 0) is 60.1 Å². The molecule has 4 nitrogen and oxygen atoms in total. The van der Waals surface area contributed by atoms with Crippen LogP contribution in [-0.4, -0.2) is 30.7 Å². The lowest BCUT2D eigenvalue weighted by Crippen LogP contribution is -2.38. The van der Waals surface area contributed by atoms with Crippen LogP contribution in [0.2, 0.25) is 0 Å². The first kappa shape index (κ1) is 18.4. The molecule has 1 aliphatic rings. The van der Waals surface area contributed by atoms with Crippen molar-refractivity contribution in [2.45, 2.75) is 25.7 Å².